The van der Waals surface area contributed by atoms with Crippen molar-refractivity contribution in [1.29, 1.82) is 0 Å². The molecule has 0 aliphatic rings. The van der Waals surface area contributed by atoms with E-state index in [0.29, 0.717) is 0 Å². The van der Waals surface area contributed by atoms with Crippen molar-refractivity contribution in [3.05, 3.63) is 24.8 Å². The molecular formula is C11H21N. The van der Waals surface area contributed by atoms with E-state index in [2.05, 4.69) is 18.5 Å². The van der Waals surface area contributed by atoms with Crippen molar-refractivity contribution in [2.45, 2.75) is 33.6 Å². The first-order valence-electron chi connectivity index (χ1n) is 4.60. The summed E-state index contributed by atoms with van der Waals surface area (Å²) in [5.74, 6) is 0. The molecule has 0 rings (SSSR count). The summed E-state index contributed by atoms with van der Waals surface area (Å²) < 4.78 is 0. The third-order valence-corrected chi connectivity index (χ3v) is 1.22. The quantitative estimate of drug-likeness (QED) is 0.448. The minimum Gasteiger partial charge on any atom is -0.293 e. The zero-order valence-electron chi connectivity index (χ0n) is 8.80. The lowest BCUT2D eigenvalue weighted by atomic mass is 10.2. The number of nitrogens with zero attached hydrogens (tertiary/aromatic N) is 1. The van der Waals surface area contributed by atoms with Gasteiger partial charge in [0.1, 0.15) is 0 Å². The lowest BCUT2D eigenvalue weighted by molar-refractivity contribution is 0.993. The van der Waals surface area contributed by atoms with E-state index in [1.807, 2.05) is 33.0 Å². The van der Waals surface area contributed by atoms with Crippen LogP contribution in [0.5, 0.6) is 0 Å². The summed E-state index contributed by atoms with van der Waals surface area (Å²) in [7, 11) is 1.82. The van der Waals surface area contributed by atoms with E-state index >= 15 is 0 Å². The molecule has 0 aliphatic heterocycles. The maximum Gasteiger partial charge on any atom is 0.0344 e. The van der Waals surface area contributed by atoms with Gasteiger partial charge in [-0.25, -0.2) is 0 Å². The third kappa shape index (κ3) is 9.15. The summed E-state index contributed by atoms with van der Waals surface area (Å²) >= 11 is 0. The van der Waals surface area contributed by atoms with Crippen molar-refractivity contribution >= 4 is 5.71 Å². The summed E-state index contributed by atoms with van der Waals surface area (Å²) in [6, 6.07) is 0. The second-order valence-corrected chi connectivity index (χ2v) is 2.06. The zero-order chi connectivity index (χ0) is 9.82. The van der Waals surface area contributed by atoms with Crippen molar-refractivity contribution in [2.75, 3.05) is 7.05 Å². The molecule has 1 heteroatoms. The summed E-state index contributed by atoms with van der Waals surface area (Å²) in [5, 5.41) is 0. The maximum absolute atomic E-state index is 4.10. The number of aliphatic imine (C=N–C) groups is 1. The predicted octanol–water partition coefficient (Wildman–Crippen LogP) is 3.63. The summed E-state index contributed by atoms with van der Waals surface area (Å²) in [4.78, 5) is 4.10. The number of allylic oxidation sites excluding steroid dienone is 3. The molecule has 0 unspecified atom stereocenters. The third-order valence-electron chi connectivity index (χ3n) is 1.22. The molecule has 0 fully saturated rings. The normalized spacial score (nSPS) is 10.8. The van der Waals surface area contributed by atoms with Gasteiger partial charge in [-0.2, -0.15) is 0 Å². The van der Waals surface area contributed by atoms with Gasteiger partial charge in [0.2, 0.25) is 0 Å². The van der Waals surface area contributed by atoms with Gasteiger partial charge in [-0.15, -0.1) is 0 Å². The first kappa shape index (κ1) is 13.7. The largest absolute Gasteiger partial charge is 0.293 e. The Kier molecular flexibility index (Phi) is 14.6. The molecule has 0 radical (unpaired) electrons. The molecule has 0 saturated heterocycles. The number of rotatable bonds is 4. The van der Waals surface area contributed by atoms with Gasteiger partial charge in [-0.05, 0) is 12.5 Å². The first-order valence-corrected chi connectivity index (χ1v) is 4.60. The summed E-state index contributed by atoms with van der Waals surface area (Å²) in [6.45, 7) is 9.73. The van der Waals surface area contributed by atoms with E-state index in [1.165, 1.54) is 0 Å². The van der Waals surface area contributed by atoms with Crippen LogP contribution >= 0.6 is 0 Å². The molecule has 0 atom stereocenters. The Labute approximate surface area is 76.9 Å². The second-order valence-electron chi connectivity index (χ2n) is 2.06. The Bertz CT molecular complexity index is 143. The molecule has 70 valence electrons. The Balaban J connectivity index is 0. The standard InChI is InChI=1S/C9H15N.C2H6/c1-4-6-8-9(10-3)7-5-2;1-2/h4,6,8H,1,5,7H2,2-3H3;1-2H3/b8-6-,10-9?;. The molecular weight excluding hydrogens is 146 g/mol. The van der Waals surface area contributed by atoms with E-state index in [0.717, 1.165) is 18.6 Å². The van der Waals surface area contributed by atoms with Crippen LogP contribution in [0.1, 0.15) is 33.6 Å². The zero-order valence-corrected chi connectivity index (χ0v) is 8.80. The van der Waals surface area contributed by atoms with Crippen molar-refractivity contribution < 1.29 is 0 Å². The van der Waals surface area contributed by atoms with Crippen molar-refractivity contribution in [1.82, 2.24) is 0 Å². The minimum absolute atomic E-state index is 1.06. The van der Waals surface area contributed by atoms with Crippen molar-refractivity contribution in [3.8, 4) is 0 Å². The van der Waals surface area contributed by atoms with E-state index in [-0.39, 0.29) is 0 Å². The Hall–Kier alpha value is -0.850. The van der Waals surface area contributed by atoms with Crippen LogP contribution in [-0.2, 0) is 0 Å². The Morgan fingerprint density at radius 2 is 2.00 bits per heavy atom. The number of hydrogen-bond acceptors (Lipinski definition) is 1. The highest BCUT2D eigenvalue weighted by atomic mass is 14.7. The van der Waals surface area contributed by atoms with Gasteiger partial charge in [-0.3, -0.25) is 4.99 Å². The van der Waals surface area contributed by atoms with Gasteiger partial charge in [0.05, 0.1) is 0 Å². The van der Waals surface area contributed by atoms with Gasteiger partial charge in [0, 0.05) is 12.8 Å². The molecule has 0 heterocycles. The van der Waals surface area contributed by atoms with Crippen LogP contribution < -0.4 is 0 Å². The van der Waals surface area contributed by atoms with Crippen LogP contribution in [0.25, 0.3) is 0 Å². The molecule has 0 aromatic heterocycles. The Morgan fingerprint density at radius 3 is 2.33 bits per heavy atom. The molecule has 1 nitrogen and oxygen atoms in total. The second kappa shape index (κ2) is 12.8. The molecule has 0 aromatic rings. The molecule has 0 aliphatic carbocycles. The minimum atomic E-state index is 1.06. The maximum atomic E-state index is 4.10. The molecule has 0 bridgehead atoms. The van der Waals surface area contributed by atoms with Gasteiger partial charge in [0.25, 0.3) is 0 Å². The molecule has 0 N–H and O–H groups in total. The molecule has 0 amide bonds. The Morgan fingerprint density at radius 1 is 1.42 bits per heavy atom. The topological polar surface area (TPSA) is 12.4 Å². The summed E-state index contributed by atoms with van der Waals surface area (Å²) in [6.07, 6.45) is 7.88. The van der Waals surface area contributed by atoms with Gasteiger partial charge >= 0.3 is 0 Å². The highest BCUT2D eigenvalue weighted by Crippen LogP contribution is 1.93. The molecule has 0 saturated carbocycles. The highest BCUT2D eigenvalue weighted by Gasteiger charge is 1.87. The smallest absolute Gasteiger partial charge is 0.0344 e. The fraction of sp³-hybridized carbons (Fsp3) is 0.545. The van der Waals surface area contributed by atoms with Crippen molar-refractivity contribution in [2.24, 2.45) is 4.99 Å². The summed E-state index contributed by atoms with van der Waals surface area (Å²) in [5.41, 5.74) is 1.14. The molecule has 12 heavy (non-hydrogen) atoms. The van der Waals surface area contributed by atoms with E-state index in [1.54, 1.807) is 6.08 Å². The first-order chi connectivity index (χ1) is 5.85. The molecule has 0 aromatic carbocycles. The fourth-order valence-corrected chi connectivity index (χ4v) is 0.705. The molecule has 0 spiro atoms. The van der Waals surface area contributed by atoms with E-state index < -0.39 is 0 Å². The van der Waals surface area contributed by atoms with Crippen LogP contribution in [0.4, 0.5) is 0 Å². The lowest BCUT2D eigenvalue weighted by Crippen LogP contribution is -1.90. The van der Waals surface area contributed by atoms with Crippen LogP contribution in [0.2, 0.25) is 0 Å². The van der Waals surface area contributed by atoms with Gasteiger partial charge in [-0.1, -0.05) is 45.9 Å². The fourth-order valence-electron chi connectivity index (χ4n) is 0.705. The average Bonchev–Trinajstić information content (AvgIpc) is 2.15. The van der Waals surface area contributed by atoms with Gasteiger partial charge in [0.15, 0.2) is 0 Å². The van der Waals surface area contributed by atoms with Crippen LogP contribution in [-0.4, -0.2) is 12.8 Å². The average molecular weight is 167 g/mol. The van der Waals surface area contributed by atoms with Crippen LogP contribution in [0.3, 0.4) is 0 Å². The SMILES string of the molecule is C=C/C=C\C(CCC)=NC.CC. The van der Waals surface area contributed by atoms with Gasteiger partial charge < -0.3 is 0 Å². The van der Waals surface area contributed by atoms with Crippen molar-refractivity contribution in [3.63, 3.8) is 0 Å². The highest BCUT2D eigenvalue weighted by molar-refractivity contribution is 5.94. The van der Waals surface area contributed by atoms with E-state index in [4.69, 9.17) is 0 Å². The van der Waals surface area contributed by atoms with E-state index in [9.17, 15) is 0 Å². The lowest BCUT2D eigenvalue weighted by Gasteiger charge is -1.93. The monoisotopic (exact) mass is 167 g/mol. The predicted molar refractivity (Wildman–Crippen MR) is 59.0 cm³/mol. The van der Waals surface area contributed by atoms with Crippen LogP contribution in [0, 0.1) is 0 Å². The van der Waals surface area contributed by atoms with Crippen LogP contribution in [0.15, 0.2) is 29.8 Å². The number of hydrogen-bond donors (Lipinski definition) is 0.